The molecule has 1 amide bonds. The van der Waals surface area contributed by atoms with Crippen LogP contribution in [-0.4, -0.2) is 76.8 Å². The Morgan fingerprint density at radius 3 is 2.44 bits per heavy atom. The van der Waals surface area contributed by atoms with Gasteiger partial charge in [-0.05, 0) is 97.7 Å². The second-order valence-electron chi connectivity index (χ2n) is 13.1. The van der Waals surface area contributed by atoms with Crippen molar-refractivity contribution in [2.45, 2.75) is 96.9 Å². The highest BCUT2D eigenvalue weighted by Crippen LogP contribution is 2.68. The van der Waals surface area contributed by atoms with Crippen molar-refractivity contribution in [3.63, 3.8) is 0 Å². The van der Waals surface area contributed by atoms with Gasteiger partial charge in [0.05, 0.1) is 34.2 Å². The number of fused-ring (bicyclic) bond motifs is 5. The zero-order valence-corrected chi connectivity index (χ0v) is 23.1. The van der Waals surface area contributed by atoms with Gasteiger partial charge in [0.1, 0.15) is 0 Å². The van der Waals surface area contributed by atoms with Crippen molar-refractivity contribution < 1.29 is 33.1 Å². The summed E-state index contributed by atoms with van der Waals surface area (Å²) in [6.07, 6.45) is 5.62. The lowest BCUT2D eigenvalue weighted by Gasteiger charge is -2.63. The molecule has 0 bridgehead atoms. The van der Waals surface area contributed by atoms with Gasteiger partial charge in [-0.15, -0.1) is 0 Å². The summed E-state index contributed by atoms with van der Waals surface area (Å²) in [7, 11) is -2.83. The van der Waals surface area contributed by atoms with Crippen molar-refractivity contribution in [1.82, 2.24) is 4.90 Å². The number of hydrogen-bond acceptors (Lipinski definition) is 7. The molecule has 4 aliphatic rings. The van der Waals surface area contributed by atoms with Crippen LogP contribution in [0.2, 0.25) is 0 Å². The average Bonchev–Trinajstić information content (AvgIpc) is 3.15. The van der Waals surface area contributed by atoms with Crippen molar-refractivity contribution in [2.75, 3.05) is 19.3 Å². The number of aliphatic hydroxyl groups is 3. The molecule has 4 aliphatic carbocycles. The van der Waals surface area contributed by atoms with Gasteiger partial charge in [0.15, 0.2) is 0 Å². The quantitative estimate of drug-likeness (QED) is 0.431. The monoisotopic (exact) mass is 528 g/mol. The Balaban J connectivity index is 1.44. The second kappa shape index (κ2) is 10.1. The van der Waals surface area contributed by atoms with E-state index in [1.165, 1.54) is 11.9 Å². The maximum atomic E-state index is 12.6. The van der Waals surface area contributed by atoms with Gasteiger partial charge in [-0.25, -0.2) is 8.42 Å². The lowest BCUT2D eigenvalue weighted by Crippen LogP contribution is -2.62. The van der Waals surface area contributed by atoms with E-state index in [0.29, 0.717) is 18.8 Å². The number of carbonyl (C=O) groups is 1. The van der Waals surface area contributed by atoms with Crippen LogP contribution >= 0.6 is 0 Å². The third-order valence-corrected chi connectivity index (χ3v) is 12.1. The third kappa shape index (κ3) is 4.99. The molecule has 8 nitrogen and oxygen atoms in total. The van der Waals surface area contributed by atoms with E-state index >= 15 is 0 Å². The first-order chi connectivity index (χ1) is 16.7. The zero-order valence-electron chi connectivity index (χ0n) is 22.3. The highest BCUT2D eigenvalue weighted by molar-refractivity contribution is 7.85. The number of rotatable bonds is 7. The van der Waals surface area contributed by atoms with Crippen molar-refractivity contribution in [3.8, 4) is 0 Å². The van der Waals surface area contributed by atoms with Gasteiger partial charge in [-0.2, -0.15) is 0 Å². The molecule has 0 spiro atoms. The largest absolute Gasteiger partial charge is 0.748 e. The van der Waals surface area contributed by atoms with E-state index in [9.17, 15) is 33.1 Å². The van der Waals surface area contributed by atoms with E-state index in [1.54, 1.807) is 0 Å². The molecule has 0 heterocycles. The van der Waals surface area contributed by atoms with E-state index in [1.807, 2.05) is 0 Å². The Kier molecular flexibility index (Phi) is 7.93. The zero-order chi connectivity index (χ0) is 26.6. The topological polar surface area (TPSA) is 138 Å². The molecule has 4 saturated carbocycles. The van der Waals surface area contributed by atoms with Gasteiger partial charge >= 0.3 is 0 Å². The fraction of sp³-hybridized carbons (Fsp3) is 0.963. The molecular formula is C27H46NO7S-. The van der Waals surface area contributed by atoms with Crippen molar-refractivity contribution in [2.24, 2.45) is 46.3 Å². The first kappa shape index (κ1) is 28.3. The summed E-state index contributed by atoms with van der Waals surface area (Å²) in [6, 6.07) is 0. The molecule has 4 rings (SSSR count). The van der Waals surface area contributed by atoms with Crippen LogP contribution in [0.3, 0.4) is 0 Å². The highest BCUT2D eigenvalue weighted by Gasteiger charge is 2.65. The van der Waals surface area contributed by atoms with Crippen LogP contribution < -0.4 is 0 Å². The van der Waals surface area contributed by atoms with E-state index in [0.717, 1.165) is 38.5 Å². The SMILES string of the molecule is C[C@H](CCC(=O)N(C)CCS(=O)(=O)[O-])[C@H]1CC[C@H]2[C@@H]3[C@H](O)C[C@@H]4C[C@H](O)CC[C@]4(C)[C@H]3C[C@H](O)[C@]12C. The second-order valence-corrected chi connectivity index (χ2v) is 14.6. The van der Waals surface area contributed by atoms with Crippen LogP contribution in [0.5, 0.6) is 0 Å². The fourth-order valence-corrected chi connectivity index (χ4v) is 9.75. The first-order valence-corrected chi connectivity index (χ1v) is 15.5. The number of carbonyl (C=O) groups excluding carboxylic acids is 1. The summed E-state index contributed by atoms with van der Waals surface area (Å²) in [6.45, 7) is 6.58. The molecular weight excluding hydrogens is 482 g/mol. The van der Waals surface area contributed by atoms with Crippen molar-refractivity contribution in [1.29, 1.82) is 0 Å². The summed E-state index contributed by atoms with van der Waals surface area (Å²) in [5, 5.41) is 33.3. The molecule has 0 aromatic rings. The van der Waals surface area contributed by atoms with Gasteiger partial charge < -0.3 is 24.8 Å². The lowest BCUT2D eigenvalue weighted by atomic mass is 9.43. The van der Waals surface area contributed by atoms with Gasteiger partial charge in [-0.1, -0.05) is 20.8 Å². The smallest absolute Gasteiger partial charge is 0.222 e. The summed E-state index contributed by atoms with van der Waals surface area (Å²) < 4.78 is 32.7. The van der Waals surface area contributed by atoms with Gasteiger partial charge in [-0.3, -0.25) is 4.79 Å². The Morgan fingerprint density at radius 1 is 1.08 bits per heavy atom. The van der Waals surface area contributed by atoms with E-state index < -0.39 is 28.1 Å². The fourth-order valence-electron chi connectivity index (χ4n) is 9.25. The molecule has 0 saturated heterocycles. The van der Waals surface area contributed by atoms with Gasteiger partial charge in [0.25, 0.3) is 0 Å². The number of amides is 1. The normalized spacial score (nSPS) is 45.3. The molecule has 36 heavy (non-hydrogen) atoms. The van der Waals surface area contributed by atoms with Crippen molar-refractivity contribution >= 4 is 16.0 Å². The summed E-state index contributed by atoms with van der Waals surface area (Å²) in [5.74, 6) is 0.634. The third-order valence-electron chi connectivity index (χ3n) is 11.4. The van der Waals surface area contributed by atoms with E-state index in [2.05, 4.69) is 20.8 Å². The maximum absolute atomic E-state index is 12.6. The molecule has 0 aliphatic heterocycles. The van der Waals surface area contributed by atoms with Crippen LogP contribution in [-0.2, 0) is 14.9 Å². The molecule has 0 radical (unpaired) electrons. The first-order valence-electron chi connectivity index (χ1n) is 13.9. The molecule has 11 atom stereocenters. The van der Waals surface area contributed by atoms with E-state index in [-0.39, 0.29) is 65.4 Å². The van der Waals surface area contributed by atoms with Gasteiger partial charge in [0, 0.05) is 20.0 Å². The lowest BCUT2D eigenvalue weighted by molar-refractivity contribution is -0.207. The van der Waals surface area contributed by atoms with Crippen LogP contribution in [0.25, 0.3) is 0 Å². The predicted octanol–water partition coefficient (Wildman–Crippen LogP) is 2.37. The minimum atomic E-state index is -4.36. The van der Waals surface area contributed by atoms with Crippen molar-refractivity contribution in [3.05, 3.63) is 0 Å². The minimum Gasteiger partial charge on any atom is -0.748 e. The molecule has 3 N–H and O–H groups in total. The number of nitrogens with zero attached hydrogens (tertiary/aromatic N) is 1. The number of aliphatic hydroxyl groups excluding tert-OH is 3. The highest BCUT2D eigenvalue weighted by atomic mass is 32.2. The molecule has 4 fully saturated rings. The Hall–Kier alpha value is -0.740. The molecule has 0 unspecified atom stereocenters. The van der Waals surface area contributed by atoms with E-state index in [4.69, 9.17) is 0 Å². The number of hydrogen-bond donors (Lipinski definition) is 3. The standard InChI is InChI=1S/C27H47NO7S/c1-16(5-8-24(32)28(4)11-12-36(33,34)35)19-6-7-20-25-21(15-23(31)27(19,20)3)26(2)10-9-18(29)13-17(26)14-22(25)30/h16-23,25,29-31H,5-15H2,1-4H3,(H,33,34,35)/p-1/t16-,17+,18-,19-,20+,21+,22-,23+,25+,26+,27-/m1/s1. The van der Waals surface area contributed by atoms with Crippen LogP contribution in [0, 0.1) is 46.3 Å². The van der Waals surface area contributed by atoms with Crippen LogP contribution in [0.4, 0.5) is 0 Å². The van der Waals surface area contributed by atoms with Crippen LogP contribution in [0.15, 0.2) is 0 Å². The summed E-state index contributed by atoms with van der Waals surface area (Å²) >= 11 is 0. The Morgan fingerprint density at radius 2 is 1.78 bits per heavy atom. The summed E-state index contributed by atoms with van der Waals surface area (Å²) in [5.41, 5.74) is -0.270. The average molecular weight is 529 g/mol. The summed E-state index contributed by atoms with van der Waals surface area (Å²) in [4.78, 5) is 13.9. The maximum Gasteiger partial charge on any atom is 0.222 e. The molecule has 0 aromatic carbocycles. The Bertz CT molecular complexity index is 927. The molecule has 208 valence electrons. The minimum absolute atomic E-state index is 0.0453. The molecule has 0 aromatic heterocycles. The predicted molar refractivity (Wildman–Crippen MR) is 135 cm³/mol. The van der Waals surface area contributed by atoms with Gasteiger partial charge in [0.2, 0.25) is 5.91 Å². The van der Waals surface area contributed by atoms with Crippen LogP contribution in [0.1, 0.15) is 78.6 Å². The molecule has 9 heteroatoms. The Labute approximate surface area is 216 Å².